The van der Waals surface area contributed by atoms with E-state index in [1.165, 1.54) is 24.3 Å². The van der Waals surface area contributed by atoms with E-state index in [0.29, 0.717) is 20.3 Å². The van der Waals surface area contributed by atoms with Gasteiger partial charge in [0.05, 0.1) is 28.2 Å². The molecular weight excluding hydrogens is 504 g/mol. The monoisotopic (exact) mass is 521 g/mol. The zero-order valence-electron chi connectivity index (χ0n) is 19.2. The summed E-state index contributed by atoms with van der Waals surface area (Å²) < 4.78 is 82.3. The molecule has 192 valence electrons. The zero-order valence-corrected chi connectivity index (χ0v) is 19.2. The van der Waals surface area contributed by atoms with Crippen molar-refractivity contribution in [3.05, 3.63) is 120 Å². The van der Waals surface area contributed by atoms with Crippen LogP contribution >= 0.6 is 0 Å². The minimum atomic E-state index is -5.22. The van der Waals surface area contributed by atoms with E-state index in [1.807, 2.05) is 0 Å². The molecule has 0 unspecified atom stereocenters. The number of nitrogens with zero attached hydrogens (tertiary/aromatic N) is 3. The predicted molar refractivity (Wildman–Crippen MR) is 123 cm³/mol. The molecule has 0 radical (unpaired) electrons. The second kappa shape index (κ2) is 8.95. The molecule has 3 aromatic carbocycles. The van der Waals surface area contributed by atoms with Crippen molar-refractivity contribution in [2.75, 3.05) is 0 Å². The van der Waals surface area contributed by atoms with Crippen LogP contribution in [0.4, 0.5) is 26.3 Å². The molecule has 4 rings (SSSR count). The van der Waals surface area contributed by atoms with Crippen LogP contribution in [0.2, 0.25) is 0 Å². The number of halogens is 6. The van der Waals surface area contributed by atoms with Crippen molar-refractivity contribution < 1.29 is 26.3 Å². The van der Waals surface area contributed by atoms with Gasteiger partial charge in [0, 0.05) is 0 Å². The summed E-state index contributed by atoms with van der Waals surface area (Å²) >= 11 is 0. The van der Waals surface area contributed by atoms with Gasteiger partial charge in [0.15, 0.2) is 0 Å². The molecule has 0 amide bonds. The van der Waals surface area contributed by atoms with Gasteiger partial charge >= 0.3 is 29.4 Å². The lowest BCUT2D eigenvalue weighted by molar-refractivity contribution is -0.143. The van der Waals surface area contributed by atoms with Gasteiger partial charge in [-0.2, -0.15) is 26.3 Å². The fourth-order valence-electron chi connectivity index (χ4n) is 3.87. The van der Waals surface area contributed by atoms with E-state index in [9.17, 15) is 40.7 Å². The Balaban J connectivity index is 2.23. The van der Waals surface area contributed by atoms with E-state index in [4.69, 9.17) is 0 Å². The lowest BCUT2D eigenvalue weighted by Crippen LogP contribution is -2.53. The Bertz CT molecular complexity index is 1580. The second-order valence-electron chi connectivity index (χ2n) is 8.19. The number of para-hydroxylation sites is 2. The van der Waals surface area contributed by atoms with Crippen molar-refractivity contribution in [1.82, 2.24) is 13.7 Å². The number of hydrogen-bond donors (Lipinski definition) is 0. The molecule has 37 heavy (non-hydrogen) atoms. The van der Waals surface area contributed by atoms with Crippen LogP contribution in [0.15, 0.2) is 81.1 Å². The highest BCUT2D eigenvalue weighted by atomic mass is 19.4. The van der Waals surface area contributed by atoms with Crippen LogP contribution in [0.1, 0.15) is 22.3 Å². The highest BCUT2D eigenvalue weighted by Crippen LogP contribution is 2.36. The summed E-state index contributed by atoms with van der Waals surface area (Å²) in [6.07, 6.45) is -10.4. The molecule has 0 fully saturated rings. The van der Waals surface area contributed by atoms with Gasteiger partial charge in [-0.1, -0.05) is 36.4 Å². The van der Waals surface area contributed by atoms with Crippen molar-refractivity contribution in [3.8, 4) is 17.1 Å². The first-order valence-electron chi connectivity index (χ1n) is 10.6. The van der Waals surface area contributed by atoms with Gasteiger partial charge in [-0.3, -0.25) is 0 Å². The van der Waals surface area contributed by atoms with Crippen LogP contribution in [-0.4, -0.2) is 13.7 Å². The summed E-state index contributed by atoms with van der Waals surface area (Å²) in [5, 5.41) is 0. The maximum Gasteiger partial charge on any atom is 0.416 e. The van der Waals surface area contributed by atoms with Crippen LogP contribution in [0.3, 0.4) is 0 Å². The van der Waals surface area contributed by atoms with Gasteiger partial charge in [0.2, 0.25) is 0 Å². The molecule has 0 atom stereocenters. The molecule has 0 aliphatic carbocycles. The Hall–Kier alpha value is -4.35. The number of alkyl halides is 6. The van der Waals surface area contributed by atoms with Crippen molar-refractivity contribution >= 4 is 0 Å². The first-order chi connectivity index (χ1) is 17.2. The van der Waals surface area contributed by atoms with Crippen molar-refractivity contribution in [2.24, 2.45) is 0 Å². The molecule has 0 spiro atoms. The van der Waals surface area contributed by atoms with E-state index in [0.717, 1.165) is 0 Å². The Labute approximate surface area is 204 Å². The average Bonchev–Trinajstić information content (AvgIpc) is 2.80. The summed E-state index contributed by atoms with van der Waals surface area (Å²) in [5.74, 6) is 0. The van der Waals surface area contributed by atoms with Crippen LogP contribution < -0.4 is 17.1 Å². The number of aromatic nitrogens is 3. The smallest absolute Gasteiger partial charge is 0.246 e. The summed E-state index contributed by atoms with van der Waals surface area (Å²) in [6, 6.07) is 12.4. The molecule has 12 heteroatoms. The molecule has 0 N–H and O–H groups in total. The zero-order chi connectivity index (χ0) is 27.3. The minimum absolute atomic E-state index is 0.00314. The normalized spacial score (nSPS) is 12.1. The Kier molecular flexibility index (Phi) is 6.22. The molecule has 1 aromatic heterocycles. The first kappa shape index (κ1) is 25.7. The molecule has 0 bridgehead atoms. The maximum atomic E-state index is 13.5. The Morgan fingerprint density at radius 2 is 0.892 bits per heavy atom. The van der Waals surface area contributed by atoms with Gasteiger partial charge in [-0.15, -0.1) is 0 Å². The third-order valence-electron chi connectivity index (χ3n) is 5.69. The van der Waals surface area contributed by atoms with E-state index in [2.05, 4.69) is 0 Å². The topological polar surface area (TPSA) is 66.0 Å². The van der Waals surface area contributed by atoms with E-state index >= 15 is 0 Å². The molecule has 1 heterocycles. The van der Waals surface area contributed by atoms with Gasteiger partial charge in [0.25, 0.3) is 0 Å². The number of rotatable bonds is 3. The summed E-state index contributed by atoms with van der Waals surface area (Å²) in [7, 11) is 0. The molecule has 0 aliphatic rings. The summed E-state index contributed by atoms with van der Waals surface area (Å²) in [6.45, 7) is 3.08. The van der Waals surface area contributed by atoms with E-state index < -0.39 is 46.2 Å². The fraction of sp³-hybridized carbons (Fsp3) is 0.160. The minimum Gasteiger partial charge on any atom is -0.246 e. The Morgan fingerprint density at radius 3 is 1.24 bits per heavy atom. The summed E-state index contributed by atoms with van der Waals surface area (Å²) in [5.41, 5.74) is -7.66. The van der Waals surface area contributed by atoms with Crippen molar-refractivity contribution in [2.45, 2.75) is 26.2 Å². The molecule has 4 aromatic rings. The number of benzene rings is 3. The summed E-state index contributed by atoms with van der Waals surface area (Å²) in [4.78, 5) is 40.5. The molecule has 0 saturated carbocycles. The van der Waals surface area contributed by atoms with Crippen molar-refractivity contribution in [3.63, 3.8) is 0 Å². The SMILES string of the molecule is Cc1ccccc1-n1c(=O)n(-c2cc(C(F)(F)F)cc(C(F)(F)F)c2)c(=O)n(-c2ccccc2C)c1=O. The van der Waals surface area contributed by atoms with Gasteiger partial charge < -0.3 is 0 Å². The van der Waals surface area contributed by atoms with Gasteiger partial charge in [0.1, 0.15) is 0 Å². The van der Waals surface area contributed by atoms with Crippen molar-refractivity contribution in [1.29, 1.82) is 0 Å². The molecule has 0 saturated heterocycles. The standard InChI is InChI=1S/C25H17F6N3O3/c1-14-7-3-5-9-19(14)33-21(35)32(22(36)34(23(33)37)20-10-6-4-8-15(20)2)18-12-16(24(26,27)28)11-17(13-18)25(29,30)31/h3-13H,1-2H3. The maximum absolute atomic E-state index is 13.5. The largest absolute Gasteiger partial charge is 0.416 e. The molecule has 6 nitrogen and oxygen atoms in total. The highest BCUT2D eigenvalue weighted by molar-refractivity contribution is 5.46. The van der Waals surface area contributed by atoms with Gasteiger partial charge in [-0.05, 0) is 55.3 Å². The quantitative estimate of drug-likeness (QED) is 0.364. The van der Waals surface area contributed by atoms with E-state index in [-0.39, 0.29) is 34.1 Å². The van der Waals surface area contributed by atoms with Crippen LogP contribution in [-0.2, 0) is 12.4 Å². The van der Waals surface area contributed by atoms with Crippen LogP contribution in [0.25, 0.3) is 17.1 Å². The predicted octanol–water partition coefficient (Wildman–Crippen LogP) is 4.79. The lowest BCUT2D eigenvalue weighted by Gasteiger charge is -2.18. The van der Waals surface area contributed by atoms with Gasteiger partial charge in [-0.25, -0.2) is 28.1 Å². The van der Waals surface area contributed by atoms with E-state index in [1.54, 1.807) is 38.1 Å². The number of hydrogen-bond acceptors (Lipinski definition) is 3. The fourth-order valence-corrected chi connectivity index (χ4v) is 3.87. The lowest BCUT2D eigenvalue weighted by atomic mass is 10.1. The third-order valence-corrected chi connectivity index (χ3v) is 5.69. The van der Waals surface area contributed by atoms with Crippen LogP contribution in [0, 0.1) is 13.8 Å². The highest BCUT2D eigenvalue weighted by Gasteiger charge is 2.37. The molecule has 0 aliphatic heterocycles. The average molecular weight is 521 g/mol. The van der Waals surface area contributed by atoms with Crippen LogP contribution in [0.5, 0.6) is 0 Å². The number of aryl methyl sites for hydroxylation is 2. The third kappa shape index (κ3) is 4.61. The second-order valence-corrected chi connectivity index (χ2v) is 8.19. The Morgan fingerprint density at radius 1 is 0.541 bits per heavy atom. The molecular formula is C25H17F6N3O3. The first-order valence-corrected chi connectivity index (χ1v) is 10.6.